The minimum absolute atomic E-state index is 0.519. The van der Waals surface area contributed by atoms with Crippen LogP contribution in [0.3, 0.4) is 0 Å². The molecule has 1 rings (SSSR count). The lowest BCUT2D eigenvalue weighted by Crippen LogP contribution is -2.36. The lowest BCUT2D eigenvalue weighted by molar-refractivity contribution is -0.387. The molecule has 8 heteroatoms. The van der Waals surface area contributed by atoms with Gasteiger partial charge in [-0.1, -0.05) is 12.1 Å². The van der Waals surface area contributed by atoms with Crippen molar-refractivity contribution < 1.29 is 24.3 Å². The molecule has 0 bridgehead atoms. The Kier molecular flexibility index (Phi) is 3.71. The fourth-order valence-electron chi connectivity index (χ4n) is 1.24. The number of hydrogen-bond acceptors (Lipinski definition) is 5. The molecule has 1 aromatic carbocycles. The van der Waals surface area contributed by atoms with E-state index in [9.17, 15) is 24.4 Å². The SMILES string of the molecule is NC(C(=O)O)C(O)c1cccc([N+](=O)[O-])c1F. The van der Waals surface area contributed by atoms with Crippen LogP contribution in [0.5, 0.6) is 0 Å². The third kappa shape index (κ3) is 2.55. The van der Waals surface area contributed by atoms with Crippen molar-refractivity contribution in [2.45, 2.75) is 12.1 Å². The predicted octanol–water partition coefficient (Wildman–Crippen LogP) is 0.179. The molecule has 0 saturated heterocycles. The highest BCUT2D eigenvalue weighted by molar-refractivity contribution is 5.74. The van der Waals surface area contributed by atoms with Gasteiger partial charge in [-0.15, -0.1) is 0 Å². The van der Waals surface area contributed by atoms with Crippen molar-refractivity contribution in [2.75, 3.05) is 0 Å². The van der Waals surface area contributed by atoms with Gasteiger partial charge < -0.3 is 15.9 Å². The first-order chi connectivity index (χ1) is 7.86. The topological polar surface area (TPSA) is 127 Å². The maximum Gasteiger partial charge on any atom is 0.323 e. The van der Waals surface area contributed by atoms with E-state index in [2.05, 4.69) is 0 Å². The Morgan fingerprint density at radius 2 is 2.12 bits per heavy atom. The summed E-state index contributed by atoms with van der Waals surface area (Å²) in [5.74, 6) is -2.83. The van der Waals surface area contributed by atoms with Gasteiger partial charge in [-0.3, -0.25) is 14.9 Å². The number of carboxylic acid groups (broad SMARTS) is 1. The number of nitro groups is 1. The number of nitro benzene ring substituents is 1. The molecule has 0 amide bonds. The molecule has 4 N–H and O–H groups in total. The van der Waals surface area contributed by atoms with E-state index in [0.29, 0.717) is 0 Å². The molecule has 2 atom stereocenters. The van der Waals surface area contributed by atoms with Crippen LogP contribution >= 0.6 is 0 Å². The third-order valence-electron chi connectivity index (χ3n) is 2.15. The second-order valence-electron chi connectivity index (χ2n) is 3.25. The molecule has 0 aliphatic heterocycles. The van der Waals surface area contributed by atoms with E-state index in [0.717, 1.165) is 18.2 Å². The third-order valence-corrected chi connectivity index (χ3v) is 2.15. The van der Waals surface area contributed by atoms with Gasteiger partial charge in [0.2, 0.25) is 5.82 Å². The number of aliphatic hydroxyl groups excluding tert-OH is 1. The van der Waals surface area contributed by atoms with Gasteiger partial charge in [0.25, 0.3) is 0 Å². The molecule has 0 aliphatic rings. The van der Waals surface area contributed by atoms with Crippen LogP contribution < -0.4 is 5.73 Å². The number of hydrogen-bond donors (Lipinski definition) is 3. The zero-order valence-corrected chi connectivity index (χ0v) is 8.41. The maximum absolute atomic E-state index is 13.5. The molecular weight excluding hydrogens is 235 g/mol. The molecule has 0 spiro atoms. The first kappa shape index (κ1) is 13.0. The van der Waals surface area contributed by atoms with Crippen LogP contribution in [0.15, 0.2) is 18.2 Å². The fourth-order valence-corrected chi connectivity index (χ4v) is 1.24. The number of carbonyl (C=O) groups is 1. The molecule has 0 heterocycles. The molecule has 2 unspecified atom stereocenters. The lowest BCUT2D eigenvalue weighted by Gasteiger charge is -2.15. The molecule has 0 saturated carbocycles. The number of aliphatic carboxylic acids is 1. The average molecular weight is 244 g/mol. The van der Waals surface area contributed by atoms with Crippen molar-refractivity contribution in [2.24, 2.45) is 5.73 Å². The Morgan fingerprint density at radius 3 is 2.59 bits per heavy atom. The van der Waals surface area contributed by atoms with Gasteiger partial charge >= 0.3 is 11.7 Å². The number of rotatable bonds is 4. The van der Waals surface area contributed by atoms with E-state index in [1.165, 1.54) is 0 Å². The zero-order chi connectivity index (χ0) is 13.2. The highest BCUT2D eigenvalue weighted by atomic mass is 19.1. The van der Waals surface area contributed by atoms with Crippen LogP contribution in [0.2, 0.25) is 0 Å². The number of aliphatic hydroxyl groups is 1. The molecule has 0 aliphatic carbocycles. The van der Waals surface area contributed by atoms with E-state index in [1.807, 2.05) is 0 Å². The Bertz CT molecular complexity index is 465. The number of halogens is 1. The van der Waals surface area contributed by atoms with Crippen LogP contribution in [0.25, 0.3) is 0 Å². The summed E-state index contributed by atoms with van der Waals surface area (Å²) in [6.45, 7) is 0. The summed E-state index contributed by atoms with van der Waals surface area (Å²) >= 11 is 0. The quantitative estimate of drug-likeness (QED) is 0.512. The minimum Gasteiger partial charge on any atom is -0.480 e. The van der Waals surface area contributed by atoms with Crippen molar-refractivity contribution >= 4 is 11.7 Å². The summed E-state index contributed by atoms with van der Waals surface area (Å²) in [6, 6.07) is 1.31. The Balaban J connectivity index is 3.19. The van der Waals surface area contributed by atoms with Crippen molar-refractivity contribution in [1.29, 1.82) is 0 Å². The first-order valence-electron chi connectivity index (χ1n) is 4.45. The van der Waals surface area contributed by atoms with Gasteiger partial charge in [0.1, 0.15) is 12.1 Å². The van der Waals surface area contributed by atoms with Gasteiger partial charge in [0.05, 0.1) is 4.92 Å². The number of benzene rings is 1. The molecule has 17 heavy (non-hydrogen) atoms. The minimum atomic E-state index is -1.85. The predicted molar refractivity (Wildman–Crippen MR) is 53.6 cm³/mol. The highest BCUT2D eigenvalue weighted by Gasteiger charge is 2.29. The standard InChI is InChI=1S/C9H9FN2O5/c10-6-4(8(13)7(11)9(14)15)2-1-3-5(6)12(16)17/h1-3,7-8,13H,11H2,(H,14,15). The largest absolute Gasteiger partial charge is 0.480 e. The molecule has 0 fully saturated rings. The lowest BCUT2D eigenvalue weighted by atomic mass is 10.0. The van der Waals surface area contributed by atoms with E-state index < -0.39 is 40.1 Å². The van der Waals surface area contributed by atoms with Gasteiger partial charge in [-0.2, -0.15) is 4.39 Å². The molecule has 92 valence electrons. The van der Waals surface area contributed by atoms with E-state index >= 15 is 0 Å². The van der Waals surface area contributed by atoms with Crippen molar-refractivity contribution in [3.05, 3.63) is 39.7 Å². The molecule has 7 nitrogen and oxygen atoms in total. The molecular formula is C9H9FN2O5. The average Bonchev–Trinajstić information content (AvgIpc) is 2.26. The van der Waals surface area contributed by atoms with Gasteiger partial charge in [-0.25, -0.2) is 0 Å². The summed E-state index contributed by atoms with van der Waals surface area (Å²) in [4.78, 5) is 20.0. The van der Waals surface area contributed by atoms with Crippen molar-refractivity contribution in [3.63, 3.8) is 0 Å². The number of nitrogens with zero attached hydrogens (tertiary/aromatic N) is 1. The van der Waals surface area contributed by atoms with Gasteiger partial charge in [0, 0.05) is 11.6 Å². The van der Waals surface area contributed by atoms with E-state index in [-0.39, 0.29) is 0 Å². The zero-order valence-electron chi connectivity index (χ0n) is 8.41. The van der Waals surface area contributed by atoms with E-state index in [1.54, 1.807) is 0 Å². The molecule has 1 aromatic rings. The number of carboxylic acids is 1. The van der Waals surface area contributed by atoms with E-state index in [4.69, 9.17) is 10.8 Å². The highest BCUT2D eigenvalue weighted by Crippen LogP contribution is 2.26. The van der Waals surface area contributed by atoms with Crippen LogP contribution in [-0.4, -0.2) is 27.1 Å². The second-order valence-corrected chi connectivity index (χ2v) is 3.25. The molecule has 0 aromatic heterocycles. The first-order valence-corrected chi connectivity index (χ1v) is 4.45. The Morgan fingerprint density at radius 1 is 1.53 bits per heavy atom. The van der Waals surface area contributed by atoms with Crippen LogP contribution in [-0.2, 0) is 4.79 Å². The van der Waals surface area contributed by atoms with Gasteiger partial charge in [-0.05, 0) is 0 Å². The second kappa shape index (κ2) is 4.85. The summed E-state index contributed by atoms with van der Waals surface area (Å²) in [7, 11) is 0. The summed E-state index contributed by atoms with van der Waals surface area (Å²) in [5.41, 5.74) is 3.73. The van der Waals surface area contributed by atoms with Crippen LogP contribution in [0.1, 0.15) is 11.7 Å². The summed E-state index contributed by atoms with van der Waals surface area (Å²) < 4.78 is 13.5. The fraction of sp³-hybridized carbons (Fsp3) is 0.222. The van der Waals surface area contributed by atoms with Crippen LogP contribution in [0.4, 0.5) is 10.1 Å². The Hall–Kier alpha value is -2.06. The van der Waals surface area contributed by atoms with Crippen LogP contribution in [0, 0.1) is 15.9 Å². The van der Waals surface area contributed by atoms with Crippen molar-refractivity contribution in [1.82, 2.24) is 0 Å². The van der Waals surface area contributed by atoms with Gasteiger partial charge in [0.15, 0.2) is 0 Å². The maximum atomic E-state index is 13.5. The normalized spacial score (nSPS) is 14.1. The Labute approximate surface area is 94.4 Å². The number of nitrogens with two attached hydrogens (primary N) is 1. The summed E-state index contributed by atoms with van der Waals surface area (Å²) in [5, 5.41) is 28.5. The smallest absolute Gasteiger partial charge is 0.323 e. The summed E-state index contributed by atoms with van der Waals surface area (Å²) in [6.07, 6.45) is -1.85. The monoisotopic (exact) mass is 244 g/mol. The van der Waals surface area contributed by atoms with Crippen molar-refractivity contribution in [3.8, 4) is 0 Å². The molecule has 0 radical (unpaired) electrons.